The fourth-order valence-corrected chi connectivity index (χ4v) is 7.61. The second-order valence-corrected chi connectivity index (χ2v) is 13.0. The van der Waals surface area contributed by atoms with E-state index >= 15 is 0 Å². The molecular formula is C39H18B5N3OS. The molecule has 10 heteroatoms. The average molecular weight is 631 g/mol. The van der Waals surface area contributed by atoms with Crippen LogP contribution in [0.1, 0.15) is 0 Å². The Morgan fingerprint density at radius 1 is 0.449 bits per heavy atom. The Morgan fingerprint density at radius 2 is 1.10 bits per heavy atom. The van der Waals surface area contributed by atoms with Crippen molar-refractivity contribution in [3.63, 3.8) is 0 Å². The van der Waals surface area contributed by atoms with Crippen molar-refractivity contribution >= 4 is 120 Å². The van der Waals surface area contributed by atoms with Gasteiger partial charge in [0.05, 0.1) is 0 Å². The highest BCUT2D eigenvalue weighted by Crippen LogP contribution is 2.41. The summed E-state index contributed by atoms with van der Waals surface area (Å²) in [5.74, 6) is 1.15. The van der Waals surface area contributed by atoms with Crippen LogP contribution in [0.25, 0.3) is 87.4 Å². The highest BCUT2D eigenvalue weighted by Gasteiger charge is 2.19. The lowest BCUT2D eigenvalue weighted by atomic mass is 9.60. The molecule has 0 saturated carbocycles. The van der Waals surface area contributed by atoms with E-state index in [4.69, 9.17) is 58.6 Å². The quantitative estimate of drug-likeness (QED) is 0.263. The molecule has 3 aromatic heterocycles. The van der Waals surface area contributed by atoms with Crippen LogP contribution in [0.2, 0.25) is 0 Å². The summed E-state index contributed by atoms with van der Waals surface area (Å²) in [7, 11) is 31.4. The van der Waals surface area contributed by atoms with Crippen LogP contribution in [-0.2, 0) is 0 Å². The van der Waals surface area contributed by atoms with Gasteiger partial charge in [0, 0.05) is 53.2 Å². The van der Waals surface area contributed by atoms with Crippen molar-refractivity contribution in [3.8, 4) is 45.3 Å². The number of nitrogens with zero attached hydrogens (tertiary/aromatic N) is 3. The van der Waals surface area contributed by atoms with Gasteiger partial charge in [-0.1, -0.05) is 89.8 Å². The second kappa shape index (κ2) is 11.4. The first-order valence-corrected chi connectivity index (χ1v) is 16.4. The third-order valence-electron chi connectivity index (χ3n) is 9.04. The molecule has 0 atom stereocenters. The number of para-hydroxylation sites is 2. The van der Waals surface area contributed by atoms with E-state index in [9.17, 15) is 0 Å². The number of hydrogen-bond donors (Lipinski definition) is 0. The molecule has 4 nitrogen and oxygen atoms in total. The fourth-order valence-electron chi connectivity index (χ4n) is 6.48. The normalized spacial score (nSPS) is 11.7. The standard InChI is InChI=1S/C39H18B5N3OS/c40-31-30(32(41)34(43)35(44)33(31)42)39-46-37(19-7-2-1-3-8-19)45-38(47-39)21-14-16-28-26(17-21)24-15-13-20(18-29(24)49-28)22-10-6-11-25-23-9-4-5-12-27(23)48-36(22)25/h1-18H. The Balaban J connectivity index is 1.20. The minimum Gasteiger partial charge on any atom is -0.455 e. The monoisotopic (exact) mass is 631 g/mol. The van der Waals surface area contributed by atoms with Gasteiger partial charge in [0.25, 0.3) is 0 Å². The summed E-state index contributed by atoms with van der Waals surface area (Å²) in [4.78, 5) is 14.5. The largest absolute Gasteiger partial charge is 0.455 e. The number of aromatic nitrogens is 3. The Morgan fingerprint density at radius 3 is 1.90 bits per heavy atom. The van der Waals surface area contributed by atoms with Crippen LogP contribution in [0.5, 0.6) is 0 Å². The van der Waals surface area contributed by atoms with Crippen LogP contribution in [-0.4, -0.2) is 54.2 Å². The molecule has 0 bridgehead atoms. The highest BCUT2D eigenvalue weighted by molar-refractivity contribution is 7.25. The molecule has 9 rings (SSSR count). The minimum absolute atomic E-state index is 0.128. The highest BCUT2D eigenvalue weighted by atomic mass is 32.1. The first kappa shape index (κ1) is 29.8. The molecule has 0 aliphatic heterocycles. The average Bonchev–Trinajstić information content (AvgIpc) is 3.71. The lowest BCUT2D eigenvalue weighted by Crippen LogP contribution is -2.55. The zero-order chi connectivity index (χ0) is 33.4. The predicted molar refractivity (Wildman–Crippen MR) is 209 cm³/mol. The predicted octanol–water partition coefficient (Wildman–Crippen LogP) is 4.78. The van der Waals surface area contributed by atoms with Gasteiger partial charge in [0.2, 0.25) is 0 Å². The lowest BCUT2D eigenvalue weighted by Gasteiger charge is -2.20. The van der Waals surface area contributed by atoms with Gasteiger partial charge in [-0.2, -0.15) is 0 Å². The lowest BCUT2D eigenvalue weighted by molar-refractivity contribution is 0.670. The zero-order valence-electron chi connectivity index (χ0n) is 25.9. The molecule has 216 valence electrons. The number of fused-ring (bicyclic) bond motifs is 6. The van der Waals surface area contributed by atoms with Gasteiger partial charge < -0.3 is 4.42 Å². The first-order valence-electron chi connectivity index (χ1n) is 15.6. The molecule has 0 N–H and O–H groups in total. The van der Waals surface area contributed by atoms with Crippen molar-refractivity contribution in [2.75, 3.05) is 0 Å². The molecule has 0 aliphatic carbocycles. The van der Waals surface area contributed by atoms with Gasteiger partial charge in [-0.15, -0.1) is 27.7 Å². The van der Waals surface area contributed by atoms with Gasteiger partial charge in [0.15, 0.2) is 17.5 Å². The van der Waals surface area contributed by atoms with Crippen molar-refractivity contribution in [2.45, 2.75) is 0 Å². The van der Waals surface area contributed by atoms with Crippen LogP contribution >= 0.6 is 11.3 Å². The van der Waals surface area contributed by atoms with E-state index in [1.54, 1.807) is 11.3 Å². The number of hydrogen-bond acceptors (Lipinski definition) is 5. The summed E-state index contributed by atoms with van der Waals surface area (Å²) < 4.78 is 8.64. The summed E-state index contributed by atoms with van der Waals surface area (Å²) >= 11 is 1.74. The summed E-state index contributed by atoms with van der Waals surface area (Å²) in [6, 6.07) is 36.9. The molecule has 0 spiro atoms. The van der Waals surface area contributed by atoms with Gasteiger partial charge in [-0.25, -0.2) is 15.0 Å². The molecule has 6 aromatic carbocycles. The molecule has 0 aliphatic rings. The van der Waals surface area contributed by atoms with E-state index in [2.05, 4.69) is 54.6 Å². The van der Waals surface area contributed by atoms with Crippen molar-refractivity contribution in [3.05, 3.63) is 109 Å². The van der Waals surface area contributed by atoms with Crippen molar-refractivity contribution in [1.29, 1.82) is 0 Å². The number of thiophene rings is 1. The Labute approximate surface area is 292 Å². The van der Waals surface area contributed by atoms with E-state index in [1.165, 1.54) is 0 Å². The van der Waals surface area contributed by atoms with Gasteiger partial charge >= 0.3 is 0 Å². The van der Waals surface area contributed by atoms with Crippen LogP contribution in [0.3, 0.4) is 0 Å². The molecule has 3 heterocycles. The van der Waals surface area contributed by atoms with E-state index in [1.807, 2.05) is 54.6 Å². The van der Waals surface area contributed by atoms with Gasteiger partial charge in [-0.3, -0.25) is 0 Å². The Kier molecular flexibility index (Phi) is 6.92. The Bertz CT molecular complexity index is 2770. The third-order valence-corrected chi connectivity index (χ3v) is 10.2. The van der Waals surface area contributed by atoms with Gasteiger partial charge in [-0.05, 0) is 35.9 Å². The molecule has 0 saturated heterocycles. The van der Waals surface area contributed by atoms with Crippen LogP contribution in [0.4, 0.5) is 0 Å². The summed E-state index contributed by atoms with van der Waals surface area (Å²) in [5, 5.41) is 4.44. The summed E-state index contributed by atoms with van der Waals surface area (Å²) in [6.07, 6.45) is 0. The van der Waals surface area contributed by atoms with E-state index in [-0.39, 0.29) is 33.1 Å². The van der Waals surface area contributed by atoms with Gasteiger partial charge in [0.1, 0.15) is 50.4 Å². The second-order valence-electron chi connectivity index (χ2n) is 11.9. The number of furan rings is 1. The molecule has 9 aromatic rings. The zero-order valence-corrected chi connectivity index (χ0v) is 26.8. The van der Waals surface area contributed by atoms with E-state index < -0.39 is 0 Å². The summed E-state index contributed by atoms with van der Waals surface area (Å²) in [5.41, 5.74) is 6.55. The van der Waals surface area contributed by atoms with Crippen LogP contribution in [0, 0.1) is 0 Å². The minimum atomic E-state index is 0.128. The molecule has 0 amide bonds. The molecule has 10 radical (unpaired) electrons. The topological polar surface area (TPSA) is 51.8 Å². The van der Waals surface area contributed by atoms with Crippen LogP contribution < -0.4 is 27.3 Å². The molecular weight excluding hydrogens is 613 g/mol. The van der Waals surface area contributed by atoms with Crippen molar-refractivity contribution in [1.82, 2.24) is 15.0 Å². The number of benzene rings is 6. The smallest absolute Gasteiger partial charge is 0.164 e. The summed E-state index contributed by atoms with van der Waals surface area (Å²) in [6.45, 7) is 0. The maximum absolute atomic E-state index is 6.44. The fraction of sp³-hybridized carbons (Fsp3) is 0. The maximum Gasteiger partial charge on any atom is 0.164 e. The van der Waals surface area contributed by atoms with Crippen molar-refractivity contribution in [2.24, 2.45) is 0 Å². The molecule has 0 fully saturated rings. The maximum atomic E-state index is 6.44. The molecule has 0 unspecified atom stereocenters. The van der Waals surface area contributed by atoms with E-state index in [0.717, 1.165) is 64.4 Å². The molecule has 49 heavy (non-hydrogen) atoms. The SMILES string of the molecule is [B]c1c([B])c([B])c(-c2nc(-c3ccccc3)nc(-c3ccc4sc5cc(-c6cccc7c6oc6ccccc67)ccc5c4c3)n2)c([B])c1[B]. The Hall–Kier alpha value is -5.33. The number of rotatable bonds is 4. The first-order chi connectivity index (χ1) is 23.9. The van der Waals surface area contributed by atoms with Crippen LogP contribution in [0.15, 0.2) is 114 Å². The van der Waals surface area contributed by atoms with Crippen molar-refractivity contribution < 1.29 is 4.42 Å². The van der Waals surface area contributed by atoms with E-state index in [0.29, 0.717) is 17.2 Å². The third kappa shape index (κ3) is 4.77.